The van der Waals surface area contributed by atoms with Gasteiger partial charge in [0, 0.05) is 6.61 Å². The highest BCUT2D eigenvalue weighted by Crippen LogP contribution is 2.13. The zero-order valence-corrected chi connectivity index (χ0v) is 19.3. The lowest BCUT2D eigenvalue weighted by molar-refractivity contribution is 0.0989. The minimum Gasteiger partial charge on any atom is -0.379 e. The molecule has 0 aromatic heterocycles. The Morgan fingerprint density at radius 2 is 1.10 bits per heavy atom. The summed E-state index contributed by atoms with van der Waals surface area (Å²) in [4.78, 5) is 0.187. The lowest BCUT2D eigenvalue weighted by atomic mass is 10.0. The number of benzene rings is 1. The van der Waals surface area contributed by atoms with E-state index in [2.05, 4.69) is 6.92 Å². The molecule has 0 saturated heterocycles. The van der Waals surface area contributed by atoms with Crippen LogP contribution in [0.4, 0.5) is 0 Å². The van der Waals surface area contributed by atoms with E-state index in [-0.39, 0.29) is 11.5 Å². The third kappa shape index (κ3) is 14.7. The van der Waals surface area contributed by atoms with Crippen molar-refractivity contribution in [2.24, 2.45) is 0 Å². The van der Waals surface area contributed by atoms with E-state index in [1.165, 1.54) is 95.6 Å². The van der Waals surface area contributed by atoms with Crippen molar-refractivity contribution < 1.29 is 17.3 Å². The van der Waals surface area contributed by atoms with E-state index in [4.69, 9.17) is 8.92 Å². The molecule has 1 aromatic carbocycles. The quantitative estimate of drug-likeness (QED) is 0.168. The lowest BCUT2D eigenvalue weighted by Crippen LogP contribution is -2.12. The van der Waals surface area contributed by atoms with Crippen LogP contribution in [0.2, 0.25) is 0 Å². The Kier molecular flexibility index (Phi) is 16.1. The summed E-state index contributed by atoms with van der Waals surface area (Å²) in [6.45, 7) is 3.32. The molecule has 0 spiro atoms. The van der Waals surface area contributed by atoms with Gasteiger partial charge in [0.15, 0.2) is 0 Å². The Labute approximate surface area is 179 Å². The number of unbranched alkanes of at least 4 members (excludes halogenated alkanes) is 13. The summed E-state index contributed by atoms with van der Waals surface area (Å²) < 4.78 is 34.3. The van der Waals surface area contributed by atoms with E-state index >= 15 is 0 Å². The number of rotatable bonds is 20. The van der Waals surface area contributed by atoms with Crippen LogP contribution in [0.3, 0.4) is 0 Å². The highest BCUT2D eigenvalue weighted by molar-refractivity contribution is 7.86. The van der Waals surface area contributed by atoms with E-state index in [1.54, 1.807) is 18.2 Å². The molecule has 0 heterocycles. The van der Waals surface area contributed by atoms with E-state index in [9.17, 15) is 8.42 Å². The zero-order valence-electron chi connectivity index (χ0n) is 18.4. The summed E-state index contributed by atoms with van der Waals surface area (Å²) in [6, 6.07) is 8.21. The van der Waals surface area contributed by atoms with Crippen LogP contribution < -0.4 is 0 Å². The molecule has 0 unspecified atom stereocenters. The Morgan fingerprint density at radius 3 is 1.62 bits per heavy atom. The fraction of sp³-hybridized carbons (Fsp3) is 0.750. The molecule has 5 heteroatoms. The van der Waals surface area contributed by atoms with Crippen molar-refractivity contribution >= 4 is 10.1 Å². The maximum Gasteiger partial charge on any atom is 0.297 e. The normalized spacial score (nSPS) is 11.8. The summed E-state index contributed by atoms with van der Waals surface area (Å²) in [6.07, 6.45) is 18.7. The summed E-state index contributed by atoms with van der Waals surface area (Å²) in [5.41, 5.74) is 0. The van der Waals surface area contributed by atoms with Crippen molar-refractivity contribution in [3.05, 3.63) is 30.3 Å². The van der Waals surface area contributed by atoms with Gasteiger partial charge in [0.25, 0.3) is 10.1 Å². The predicted molar refractivity (Wildman–Crippen MR) is 121 cm³/mol. The second-order valence-electron chi connectivity index (χ2n) is 7.80. The number of hydrogen-bond donors (Lipinski definition) is 0. The van der Waals surface area contributed by atoms with Crippen LogP contribution >= 0.6 is 0 Å². The van der Waals surface area contributed by atoms with Crippen molar-refractivity contribution in [2.75, 3.05) is 19.8 Å². The Hall–Kier alpha value is -0.910. The van der Waals surface area contributed by atoms with Gasteiger partial charge in [-0.15, -0.1) is 0 Å². The number of hydrogen-bond acceptors (Lipinski definition) is 4. The summed E-state index contributed by atoms with van der Waals surface area (Å²) >= 11 is 0. The standard InChI is InChI=1S/C24H42O4S/c1-2-3-4-5-6-7-8-9-10-11-12-13-14-18-21-27-22-23-28-29(25,26)24-19-16-15-17-20-24/h15-17,19-20H,2-14,18,21-23H2,1H3. The molecular weight excluding hydrogens is 384 g/mol. The second-order valence-corrected chi connectivity index (χ2v) is 9.41. The van der Waals surface area contributed by atoms with Crippen LogP contribution in [0.15, 0.2) is 35.2 Å². The molecule has 0 bridgehead atoms. The van der Waals surface area contributed by atoms with Gasteiger partial charge >= 0.3 is 0 Å². The SMILES string of the molecule is CCCCCCCCCCCCCCCCOCCOS(=O)(=O)c1ccccc1. The molecule has 0 amide bonds. The smallest absolute Gasteiger partial charge is 0.297 e. The molecule has 0 aliphatic heterocycles. The molecule has 0 aliphatic rings. The molecule has 0 fully saturated rings. The first kappa shape index (κ1) is 26.1. The van der Waals surface area contributed by atoms with Gasteiger partial charge in [0.05, 0.1) is 18.1 Å². The molecular formula is C24H42O4S. The predicted octanol–water partition coefficient (Wildman–Crippen LogP) is 6.89. The van der Waals surface area contributed by atoms with Gasteiger partial charge in [0.2, 0.25) is 0 Å². The minimum absolute atomic E-state index is 0.0653. The molecule has 0 aliphatic carbocycles. The van der Waals surface area contributed by atoms with Crippen molar-refractivity contribution in [3.63, 3.8) is 0 Å². The maximum atomic E-state index is 11.9. The summed E-state index contributed by atoms with van der Waals surface area (Å²) in [7, 11) is -3.66. The van der Waals surface area contributed by atoms with E-state index < -0.39 is 10.1 Å². The van der Waals surface area contributed by atoms with Gasteiger partial charge in [-0.1, -0.05) is 109 Å². The summed E-state index contributed by atoms with van der Waals surface area (Å²) in [5, 5.41) is 0. The molecule has 0 N–H and O–H groups in total. The van der Waals surface area contributed by atoms with E-state index in [1.807, 2.05) is 0 Å². The average Bonchev–Trinajstić information content (AvgIpc) is 2.73. The molecule has 0 atom stereocenters. The monoisotopic (exact) mass is 426 g/mol. The van der Waals surface area contributed by atoms with Gasteiger partial charge in [-0.05, 0) is 18.6 Å². The van der Waals surface area contributed by atoms with Gasteiger partial charge < -0.3 is 4.74 Å². The van der Waals surface area contributed by atoms with E-state index in [0.717, 1.165) is 6.42 Å². The third-order valence-electron chi connectivity index (χ3n) is 5.14. The molecule has 4 nitrogen and oxygen atoms in total. The largest absolute Gasteiger partial charge is 0.379 e. The van der Waals surface area contributed by atoms with Crippen LogP contribution in [-0.2, 0) is 19.0 Å². The highest BCUT2D eigenvalue weighted by atomic mass is 32.2. The molecule has 1 aromatic rings. The van der Waals surface area contributed by atoms with Gasteiger partial charge in [-0.3, -0.25) is 4.18 Å². The Morgan fingerprint density at radius 1 is 0.621 bits per heavy atom. The third-order valence-corrected chi connectivity index (χ3v) is 6.47. The van der Waals surface area contributed by atoms with Gasteiger partial charge in [0.1, 0.15) is 0 Å². The Bertz CT molecular complexity index is 572. The van der Waals surface area contributed by atoms with Crippen molar-refractivity contribution in [2.45, 2.75) is 102 Å². The summed E-state index contributed by atoms with van der Waals surface area (Å²) in [5.74, 6) is 0. The van der Waals surface area contributed by atoms with Crippen LogP contribution in [-0.4, -0.2) is 28.2 Å². The average molecular weight is 427 g/mol. The van der Waals surface area contributed by atoms with Crippen molar-refractivity contribution in [3.8, 4) is 0 Å². The lowest BCUT2D eigenvalue weighted by Gasteiger charge is -2.07. The fourth-order valence-corrected chi connectivity index (χ4v) is 4.27. The van der Waals surface area contributed by atoms with Crippen LogP contribution in [0.5, 0.6) is 0 Å². The van der Waals surface area contributed by atoms with Crippen LogP contribution in [0.25, 0.3) is 0 Å². The van der Waals surface area contributed by atoms with Crippen LogP contribution in [0, 0.1) is 0 Å². The second kappa shape index (κ2) is 17.9. The fourth-order valence-electron chi connectivity index (χ4n) is 3.36. The topological polar surface area (TPSA) is 52.6 Å². The maximum absolute atomic E-state index is 11.9. The molecule has 29 heavy (non-hydrogen) atoms. The first-order valence-electron chi connectivity index (χ1n) is 11.7. The first-order chi connectivity index (χ1) is 14.2. The molecule has 0 radical (unpaired) electrons. The zero-order chi connectivity index (χ0) is 21.0. The number of ether oxygens (including phenoxy) is 1. The van der Waals surface area contributed by atoms with Crippen molar-refractivity contribution in [1.82, 2.24) is 0 Å². The van der Waals surface area contributed by atoms with Gasteiger partial charge in [-0.2, -0.15) is 8.42 Å². The van der Waals surface area contributed by atoms with Gasteiger partial charge in [-0.25, -0.2) is 0 Å². The minimum atomic E-state index is -3.66. The Balaban J connectivity index is 1.80. The van der Waals surface area contributed by atoms with E-state index in [0.29, 0.717) is 13.2 Å². The molecule has 168 valence electrons. The first-order valence-corrected chi connectivity index (χ1v) is 13.1. The molecule has 1 rings (SSSR count). The molecule has 0 saturated carbocycles. The highest BCUT2D eigenvalue weighted by Gasteiger charge is 2.13. The van der Waals surface area contributed by atoms with Crippen molar-refractivity contribution in [1.29, 1.82) is 0 Å². The van der Waals surface area contributed by atoms with Crippen LogP contribution in [0.1, 0.15) is 96.8 Å².